The van der Waals surface area contributed by atoms with Crippen molar-refractivity contribution in [2.24, 2.45) is 0 Å². The monoisotopic (exact) mass is 788 g/mol. The van der Waals surface area contributed by atoms with E-state index >= 15 is 0 Å². The van der Waals surface area contributed by atoms with Gasteiger partial charge in [0.25, 0.3) is 0 Å². The molecule has 0 saturated carbocycles. The van der Waals surface area contributed by atoms with E-state index in [9.17, 15) is 0 Å². The maximum Gasteiger partial charge on any atom is 0.0541 e. The predicted octanol–water partition coefficient (Wildman–Crippen LogP) is 16.7. The van der Waals surface area contributed by atoms with Gasteiger partial charge in [-0.15, -0.1) is 0 Å². The molecule has 12 rings (SSSR count). The van der Waals surface area contributed by atoms with Crippen molar-refractivity contribution in [1.82, 2.24) is 4.57 Å². The van der Waals surface area contributed by atoms with Gasteiger partial charge in [0.05, 0.1) is 16.7 Å². The van der Waals surface area contributed by atoms with Gasteiger partial charge in [-0.2, -0.15) is 0 Å². The third-order valence-corrected chi connectivity index (χ3v) is 12.6. The average molecular weight is 789 g/mol. The van der Waals surface area contributed by atoms with E-state index in [-0.39, 0.29) is 0 Å². The Balaban J connectivity index is 0.979. The second kappa shape index (κ2) is 14.8. The Labute approximate surface area is 360 Å². The molecule has 1 heterocycles. The van der Waals surface area contributed by atoms with Crippen molar-refractivity contribution in [1.29, 1.82) is 0 Å². The van der Waals surface area contributed by atoms with Crippen molar-refractivity contribution in [2.45, 2.75) is 0 Å². The Morgan fingerprint density at radius 1 is 0.274 bits per heavy atom. The van der Waals surface area contributed by atoms with Gasteiger partial charge in [0.1, 0.15) is 0 Å². The van der Waals surface area contributed by atoms with Crippen molar-refractivity contribution in [3.63, 3.8) is 0 Å². The van der Waals surface area contributed by atoms with E-state index in [1.54, 1.807) is 0 Å². The van der Waals surface area contributed by atoms with Crippen LogP contribution in [-0.2, 0) is 0 Å². The molecular weight excluding hydrogens is 749 g/mol. The molecule has 11 aromatic carbocycles. The fourth-order valence-electron chi connectivity index (χ4n) is 9.59. The van der Waals surface area contributed by atoms with E-state index in [1.165, 1.54) is 76.4 Å². The third-order valence-electron chi connectivity index (χ3n) is 12.6. The highest BCUT2D eigenvalue weighted by atomic mass is 15.1. The number of rotatable bonds is 7. The molecule has 0 aliphatic heterocycles. The quantitative estimate of drug-likeness (QED) is 0.146. The van der Waals surface area contributed by atoms with Gasteiger partial charge in [-0.25, -0.2) is 0 Å². The molecule has 12 aromatic rings. The Hall–Kier alpha value is -8.20. The zero-order valence-electron chi connectivity index (χ0n) is 34.0. The highest BCUT2D eigenvalue weighted by Crippen LogP contribution is 2.43. The van der Waals surface area contributed by atoms with Gasteiger partial charge in [-0.3, -0.25) is 0 Å². The van der Waals surface area contributed by atoms with E-state index in [4.69, 9.17) is 0 Å². The number of para-hydroxylation sites is 3. The standard InChI is InChI=1S/C60H40N2/c1-2-13-41(14-3-1)42-27-33-48(34-28-42)61(49-35-29-43(30-36-49)46-26-25-45-32-37-53-51-18-5-4-15-44(51)31-38-54(53)57(45)40-46)58-22-9-6-19-52(58)47-16-12-17-50(39-47)62-59-23-10-7-20-55(59)56-21-8-11-24-60(56)62/h1-40H. The van der Waals surface area contributed by atoms with E-state index in [2.05, 4.69) is 252 Å². The lowest BCUT2D eigenvalue weighted by Crippen LogP contribution is -2.11. The number of nitrogens with zero attached hydrogens (tertiary/aromatic N) is 2. The maximum absolute atomic E-state index is 2.40. The Bertz CT molecular complexity index is 3560. The first-order valence-electron chi connectivity index (χ1n) is 21.3. The van der Waals surface area contributed by atoms with E-state index in [0.29, 0.717) is 0 Å². The molecule has 2 nitrogen and oxygen atoms in total. The second-order valence-electron chi connectivity index (χ2n) is 16.1. The van der Waals surface area contributed by atoms with Crippen molar-refractivity contribution < 1.29 is 0 Å². The Morgan fingerprint density at radius 2 is 0.774 bits per heavy atom. The van der Waals surface area contributed by atoms with Gasteiger partial charge >= 0.3 is 0 Å². The van der Waals surface area contributed by atoms with E-state index < -0.39 is 0 Å². The molecule has 0 aliphatic rings. The summed E-state index contributed by atoms with van der Waals surface area (Å²) in [4.78, 5) is 2.40. The van der Waals surface area contributed by atoms with Crippen LogP contribution >= 0.6 is 0 Å². The summed E-state index contributed by atoms with van der Waals surface area (Å²) in [5.74, 6) is 0. The molecule has 0 N–H and O–H groups in total. The number of hydrogen-bond donors (Lipinski definition) is 0. The molecule has 0 amide bonds. The van der Waals surface area contributed by atoms with Crippen LogP contribution in [0.2, 0.25) is 0 Å². The minimum atomic E-state index is 1.09. The molecule has 2 heteroatoms. The number of aromatic nitrogens is 1. The summed E-state index contributed by atoms with van der Waals surface area (Å²) in [6, 6.07) is 88.5. The molecular formula is C60H40N2. The van der Waals surface area contributed by atoms with Gasteiger partial charge in [0.15, 0.2) is 0 Å². The minimum absolute atomic E-state index is 1.09. The first-order chi connectivity index (χ1) is 30.7. The highest BCUT2D eigenvalue weighted by Gasteiger charge is 2.19. The summed E-state index contributed by atoms with van der Waals surface area (Å²) in [5, 5.41) is 10.2. The van der Waals surface area contributed by atoms with Crippen molar-refractivity contribution in [3.05, 3.63) is 243 Å². The predicted molar refractivity (Wildman–Crippen MR) is 264 cm³/mol. The molecule has 0 atom stereocenters. The van der Waals surface area contributed by atoms with Crippen LogP contribution in [-0.4, -0.2) is 4.57 Å². The van der Waals surface area contributed by atoms with Gasteiger partial charge in [-0.1, -0.05) is 182 Å². The van der Waals surface area contributed by atoms with Crippen LogP contribution in [0.5, 0.6) is 0 Å². The molecule has 0 spiro atoms. The van der Waals surface area contributed by atoms with Gasteiger partial charge in [0.2, 0.25) is 0 Å². The van der Waals surface area contributed by atoms with E-state index in [0.717, 1.165) is 33.9 Å². The van der Waals surface area contributed by atoms with Gasteiger partial charge in [-0.05, 0) is 121 Å². The van der Waals surface area contributed by atoms with Crippen LogP contribution in [0.15, 0.2) is 243 Å². The number of anilines is 3. The summed E-state index contributed by atoms with van der Waals surface area (Å²) in [7, 11) is 0. The van der Waals surface area contributed by atoms with Crippen LogP contribution < -0.4 is 4.90 Å². The summed E-state index contributed by atoms with van der Waals surface area (Å²) < 4.78 is 2.40. The lowest BCUT2D eigenvalue weighted by atomic mass is 9.94. The topological polar surface area (TPSA) is 8.17 Å². The number of fused-ring (bicyclic) bond motifs is 8. The zero-order valence-corrected chi connectivity index (χ0v) is 34.0. The maximum atomic E-state index is 2.40. The van der Waals surface area contributed by atoms with Gasteiger partial charge < -0.3 is 9.47 Å². The number of benzene rings is 11. The fraction of sp³-hybridized carbons (Fsp3) is 0. The number of hydrogen-bond acceptors (Lipinski definition) is 1. The van der Waals surface area contributed by atoms with Crippen LogP contribution in [0.3, 0.4) is 0 Å². The van der Waals surface area contributed by atoms with E-state index in [1.807, 2.05) is 0 Å². The van der Waals surface area contributed by atoms with Crippen LogP contribution in [0.4, 0.5) is 17.1 Å². The van der Waals surface area contributed by atoms with Crippen LogP contribution in [0.1, 0.15) is 0 Å². The molecule has 0 aliphatic carbocycles. The molecule has 0 bridgehead atoms. The fourth-order valence-corrected chi connectivity index (χ4v) is 9.59. The Morgan fingerprint density at radius 3 is 1.48 bits per heavy atom. The third kappa shape index (κ3) is 6.04. The van der Waals surface area contributed by atoms with Gasteiger partial charge in [0, 0.05) is 33.4 Å². The highest BCUT2D eigenvalue weighted by molar-refractivity contribution is 6.18. The summed E-state index contributed by atoms with van der Waals surface area (Å²) in [5.41, 5.74) is 13.9. The average Bonchev–Trinajstić information content (AvgIpc) is 3.69. The molecule has 0 radical (unpaired) electrons. The van der Waals surface area contributed by atoms with Crippen molar-refractivity contribution >= 4 is 71.2 Å². The largest absolute Gasteiger partial charge is 0.310 e. The molecule has 0 saturated heterocycles. The normalized spacial score (nSPS) is 11.5. The first-order valence-corrected chi connectivity index (χ1v) is 21.3. The summed E-state index contributed by atoms with van der Waals surface area (Å²) >= 11 is 0. The Kier molecular flexibility index (Phi) is 8.53. The lowest BCUT2D eigenvalue weighted by molar-refractivity contribution is 1.18. The molecule has 62 heavy (non-hydrogen) atoms. The van der Waals surface area contributed by atoms with Crippen molar-refractivity contribution in [2.75, 3.05) is 4.90 Å². The lowest BCUT2D eigenvalue weighted by Gasteiger charge is -2.28. The summed E-state index contributed by atoms with van der Waals surface area (Å²) in [6.45, 7) is 0. The van der Waals surface area contributed by atoms with Crippen molar-refractivity contribution in [3.8, 4) is 39.1 Å². The first kappa shape index (κ1) is 35.7. The summed E-state index contributed by atoms with van der Waals surface area (Å²) in [6.07, 6.45) is 0. The van der Waals surface area contributed by atoms with Crippen LogP contribution in [0.25, 0.3) is 93.2 Å². The smallest absolute Gasteiger partial charge is 0.0541 e. The molecule has 1 aromatic heterocycles. The zero-order chi connectivity index (χ0) is 41.0. The molecule has 0 fully saturated rings. The second-order valence-corrected chi connectivity index (χ2v) is 16.1. The SMILES string of the molecule is c1ccc(-c2ccc(N(c3ccc(-c4ccc5ccc6c7ccccc7ccc6c5c4)cc3)c3ccccc3-c3cccc(-n4c5ccccc5c5ccccc54)c3)cc2)cc1. The molecule has 290 valence electrons. The van der Waals surface area contributed by atoms with Crippen LogP contribution in [0, 0.1) is 0 Å². The molecule has 0 unspecified atom stereocenters. The minimum Gasteiger partial charge on any atom is -0.310 e.